The first-order chi connectivity index (χ1) is 52.7. The monoisotopic (exact) mass is 1590 g/mol. The number of carbonyl (C=O) groups excluding carboxylic acids is 12. The van der Waals surface area contributed by atoms with Crippen molar-refractivity contribution in [3.63, 3.8) is 0 Å². The van der Waals surface area contributed by atoms with E-state index in [4.69, 9.17) is 11.5 Å². The first kappa shape index (κ1) is 90.5. The molecule has 2 aromatic heterocycles. The van der Waals surface area contributed by atoms with Crippen LogP contribution in [-0.4, -0.2) is 208 Å². The van der Waals surface area contributed by atoms with Crippen molar-refractivity contribution >= 4 is 111 Å². The Hall–Kier alpha value is -10.4. The number of primary amides is 1. The van der Waals surface area contributed by atoms with Gasteiger partial charge in [0.1, 0.15) is 82.6 Å². The number of unbranched alkanes of at least 4 members (excludes halogenated alkanes) is 1. The molecule has 3 heterocycles. The fraction of sp³-hybridized carbons (Fsp3) is 0.506. The minimum Gasteiger partial charge on any atom is -0.508 e. The highest BCUT2D eigenvalue weighted by Gasteiger charge is 2.45. The van der Waals surface area contributed by atoms with Crippen LogP contribution in [0.4, 0.5) is 0 Å². The number of hydrogen-bond acceptors (Lipinski definition) is 21. The van der Waals surface area contributed by atoms with Crippen molar-refractivity contribution in [1.82, 2.24) is 68.5 Å². The number of amides is 12. The van der Waals surface area contributed by atoms with Gasteiger partial charge in [0.15, 0.2) is 0 Å². The third-order valence-corrected chi connectivity index (χ3v) is 21.1. The lowest BCUT2D eigenvalue weighted by molar-refractivity contribution is -0.141. The molecule has 0 radical (unpaired) electrons. The zero-order chi connectivity index (χ0) is 82.9. The number of aliphatic hydroxyl groups excluding tert-OH is 2. The molecule has 12 atom stereocenters. The molecule has 3 aromatic carbocycles. The summed E-state index contributed by atoms with van der Waals surface area (Å²) in [6.45, 7) is 14.6. The van der Waals surface area contributed by atoms with Crippen LogP contribution in [0.25, 0.3) is 11.0 Å². The molecular weight excluding hydrogens is 1490 g/mol. The van der Waals surface area contributed by atoms with Crippen LogP contribution in [0, 0.1) is 11.3 Å². The van der Waals surface area contributed by atoms with Gasteiger partial charge in [0.2, 0.25) is 70.9 Å². The Balaban J connectivity index is 1.39. The molecule has 0 spiro atoms. The molecule has 21 N–H and O–H groups in total. The number of aromatic amines is 1. The lowest BCUT2D eigenvalue weighted by Gasteiger charge is -2.36. The Morgan fingerprint density at radius 2 is 1.10 bits per heavy atom. The Bertz CT molecular complexity index is 4140. The maximum Gasteiger partial charge on any atom is 0.303 e. The summed E-state index contributed by atoms with van der Waals surface area (Å²) in [5, 5.41) is 82.0. The van der Waals surface area contributed by atoms with Crippen LogP contribution in [0.2, 0.25) is 0 Å². The molecule has 112 heavy (non-hydrogen) atoms. The fourth-order valence-corrected chi connectivity index (χ4v) is 13.8. The summed E-state index contributed by atoms with van der Waals surface area (Å²) in [5.74, 6) is -13.0. The largest absolute Gasteiger partial charge is 0.508 e. The van der Waals surface area contributed by atoms with Crippen LogP contribution in [0.15, 0.2) is 97.3 Å². The van der Waals surface area contributed by atoms with Crippen LogP contribution in [-0.2, 0) is 93.1 Å². The van der Waals surface area contributed by atoms with Crippen molar-refractivity contribution in [2.24, 2.45) is 22.8 Å². The molecule has 0 saturated carbocycles. The number of aromatic hydroxyl groups is 2. The highest BCUT2D eigenvalue weighted by Crippen LogP contribution is 2.26. The van der Waals surface area contributed by atoms with Crippen molar-refractivity contribution in [3.8, 4) is 11.5 Å². The molecule has 2 unspecified atom stereocenters. The van der Waals surface area contributed by atoms with Crippen molar-refractivity contribution in [2.45, 2.75) is 216 Å². The van der Waals surface area contributed by atoms with E-state index in [-0.39, 0.29) is 62.3 Å². The van der Waals surface area contributed by atoms with E-state index in [2.05, 4.69) is 68.5 Å². The van der Waals surface area contributed by atoms with Gasteiger partial charge in [-0.3, -0.25) is 62.3 Å². The van der Waals surface area contributed by atoms with E-state index in [0.29, 0.717) is 51.4 Å². The second kappa shape index (κ2) is 41.8. The molecular formula is C77H107N15O18S2. The lowest BCUT2D eigenvalue weighted by Crippen LogP contribution is -2.67. The van der Waals surface area contributed by atoms with Crippen LogP contribution in [0.3, 0.4) is 0 Å². The minimum atomic E-state index is -2.08. The molecule has 0 fully saturated rings. The summed E-state index contributed by atoms with van der Waals surface area (Å²) in [6, 6.07) is 7.71. The Kier molecular flexibility index (Phi) is 33.8. The number of aromatic nitrogens is 2. The highest BCUT2D eigenvalue weighted by molar-refractivity contribution is 7.98. The maximum atomic E-state index is 15.0. The second-order valence-corrected chi connectivity index (χ2v) is 32.1. The standard InChI is InChI=1S/C77H107N15O18S2/c1-41(2)77(10)74(110)90-61(43(4)94)71(107)86-57(63(79)100)40-112-39-47-16-13-15-46(33-47)38-111-32-29-58(97)88-62(75(5,6)7)72(108)85-54(34-44-19-23-49(95)24-20-44)67(103)82-52(18-11-12-30-78)66(102)89-60(42(3)93)70(106)84-56(36-48-37-81-64-51(48)17-14-31-80-64)68(104)91-76(8,9)73(109)87-53(27-28-59(98)99)65(101)83-55(69(105)92-77)35-45-21-25-50(96)26-22-45/h13-17,19-26,31,33,37,41-43,52-57,60-62,93-96H,11-12,18,27-30,32,34-36,38-40,78H2,1-10H3,(H2,79,100)(H,80,81)(H,82,103)(H,83,101)(H,84,106)(H,85,108)(H,86,107)(H,87,109)(H,88,97)(H,89,102)(H,90,110)(H,91,104)(H,92,105)(H,98,99)/t42-,43-,52+,53+,54+,55+,56+,57+,60+,61?,62?,77+/m1/s1. The van der Waals surface area contributed by atoms with Crippen LogP contribution >= 0.6 is 23.5 Å². The predicted octanol–water partition coefficient (Wildman–Crippen LogP) is 0.648. The van der Waals surface area contributed by atoms with E-state index < -0.39 is 179 Å². The second-order valence-electron chi connectivity index (χ2n) is 30.0. The predicted molar refractivity (Wildman–Crippen MR) is 420 cm³/mol. The van der Waals surface area contributed by atoms with E-state index in [1.165, 1.54) is 119 Å². The first-order valence-corrected chi connectivity index (χ1v) is 39.2. The Morgan fingerprint density at radius 1 is 0.580 bits per heavy atom. The average Bonchev–Trinajstić information content (AvgIpc) is 1.04. The molecule has 5 aromatic rings. The zero-order valence-electron chi connectivity index (χ0n) is 64.5. The third-order valence-electron chi connectivity index (χ3n) is 19.0. The van der Waals surface area contributed by atoms with Crippen LogP contribution in [0.5, 0.6) is 11.5 Å². The van der Waals surface area contributed by atoms with E-state index in [0.717, 1.165) is 11.1 Å². The van der Waals surface area contributed by atoms with Gasteiger partial charge >= 0.3 is 5.97 Å². The van der Waals surface area contributed by atoms with E-state index >= 15 is 0 Å². The molecule has 12 amide bonds. The number of fused-ring (bicyclic) bond motifs is 3. The summed E-state index contributed by atoms with van der Waals surface area (Å²) in [6.07, 6.45) is -2.12. The van der Waals surface area contributed by atoms with Crippen molar-refractivity contribution in [3.05, 3.63) is 125 Å². The van der Waals surface area contributed by atoms with Crippen molar-refractivity contribution < 1.29 is 87.9 Å². The number of phenolic OH excluding ortho intramolecular Hbond substituents is 2. The molecule has 1 aliphatic heterocycles. The van der Waals surface area contributed by atoms with Gasteiger partial charge in [-0.05, 0) is 142 Å². The molecule has 2 bridgehead atoms. The Labute approximate surface area is 658 Å². The van der Waals surface area contributed by atoms with Gasteiger partial charge in [0, 0.05) is 72.9 Å². The smallest absolute Gasteiger partial charge is 0.303 e. The van der Waals surface area contributed by atoms with Gasteiger partial charge in [0.25, 0.3) is 0 Å². The van der Waals surface area contributed by atoms with Crippen molar-refractivity contribution in [1.29, 1.82) is 0 Å². The summed E-state index contributed by atoms with van der Waals surface area (Å²) in [7, 11) is 0. The number of carboxylic acid groups (broad SMARTS) is 1. The SMILES string of the molecule is CC(C)[C@]1(C)NC(=O)[C@H](Cc2ccc(O)cc2)NC(=O)[C@H](CCC(=O)O)NC(=O)C(C)(C)NC(=O)[C@H](Cc2c[nH]c3ncccc23)NC(=O)[C@H]([C@@H](C)O)NC(=O)[C@H](CCCCN)NC(=O)[C@H](Cc2ccc(O)cc2)NC(=O)C(C(C)(C)C)NC(=O)CCSCc2cccc(c2)CSC[C@@H](C(N)=O)NC(=O)C([C@@H](C)O)NC1=O. The van der Waals surface area contributed by atoms with Gasteiger partial charge in [-0.25, -0.2) is 4.98 Å². The molecule has 0 aliphatic carbocycles. The van der Waals surface area contributed by atoms with Gasteiger partial charge in [-0.2, -0.15) is 23.5 Å². The zero-order valence-corrected chi connectivity index (χ0v) is 66.2. The van der Waals surface area contributed by atoms with Crippen LogP contribution < -0.4 is 70.0 Å². The molecule has 1 aliphatic rings. The molecule has 35 heteroatoms. The van der Waals surface area contributed by atoms with Gasteiger partial charge in [0.05, 0.1) is 12.2 Å². The van der Waals surface area contributed by atoms with Crippen LogP contribution in [0.1, 0.15) is 136 Å². The number of carboxylic acids is 1. The topological polar surface area (TPSA) is 536 Å². The highest BCUT2D eigenvalue weighted by atomic mass is 32.2. The lowest BCUT2D eigenvalue weighted by atomic mass is 9.85. The number of phenols is 2. The average molecular weight is 1590 g/mol. The molecule has 33 nitrogen and oxygen atoms in total. The number of nitrogens with one attached hydrogen (secondary N) is 12. The number of thioether (sulfide) groups is 2. The number of nitrogens with two attached hydrogens (primary N) is 2. The summed E-state index contributed by atoms with van der Waals surface area (Å²) in [5.41, 5.74) is 9.96. The number of H-pyrrole nitrogens is 1. The quantitative estimate of drug-likeness (QED) is 0.0568. The molecule has 0 saturated heterocycles. The number of hydrogen-bond donors (Lipinski definition) is 19. The van der Waals surface area contributed by atoms with Gasteiger partial charge < -0.3 is 100 Å². The summed E-state index contributed by atoms with van der Waals surface area (Å²) < 4.78 is 0. The van der Waals surface area contributed by atoms with Gasteiger partial charge in [-0.15, -0.1) is 0 Å². The minimum absolute atomic E-state index is 0.0357. The Morgan fingerprint density at radius 3 is 1.67 bits per heavy atom. The number of aliphatic carboxylic acids is 1. The van der Waals surface area contributed by atoms with E-state index in [9.17, 15) is 87.9 Å². The maximum absolute atomic E-state index is 15.0. The normalized spacial score (nSPS) is 24.2. The number of pyridine rings is 1. The number of rotatable bonds is 17. The summed E-state index contributed by atoms with van der Waals surface area (Å²) >= 11 is 2.67. The number of carbonyl (C=O) groups is 13. The summed E-state index contributed by atoms with van der Waals surface area (Å²) in [4.78, 5) is 193. The van der Waals surface area contributed by atoms with E-state index in [1.54, 1.807) is 46.8 Å². The molecule has 610 valence electrons. The third kappa shape index (κ3) is 27.2. The fourth-order valence-electron chi connectivity index (χ4n) is 11.9. The van der Waals surface area contributed by atoms with Gasteiger partial charge in [-0.1, -0.05) is 83.1 Å². The molecule has 6 rings (SSSR count). The van der Waals surface area contributed by atoms with E-state index in [1.807, 2.05) is 24.3 Å². The number of aliphatic hydroxyl groups is 2. The first-order valence-electron chi connectivity index (χ1n) is 36.8. The van der Waals surface area contributed by atoms with Crippen molar-refractivity contribution in [2.75, 3.05) is 18.1 Å². The number of nitrogens with zero attached hydrogens (tertiary/aromatic N) is 1. The number of benzene rings is 3.